The van der Waals surface area contributed by atoms with Gasteiger partial charge in [0.2, 0.25) is 17.7 Å². The Bertz CT molecular complexity index is 1640. The molecule has 0 bridgehead atoms. The molecule has 42 heavy (non-hydrogen) atoms. The number of hydrogen-bond acceptors (Lipinski definition) is 9. The molecule has 3 heterocycles. The number of halogens is 4. The van der Waals surface area contributed by atoms with Crippen LogP contribution in [0.3, 0.4) is 0 Å². The van der Waals surface area contributed by atoms with Gasteiger partial charge in [-0.15, -0.1) is 5.10 Å². The third kappa shape index (κ3) is 5.21. The Morgan fingerprint density at radius 3 is 2.57 bits per heavy atom. The predicted molar refractivity (Wildman–Crippen MR) is 140 cm³/mol. The van der Waals surface area contributed by atoms with E-state index in [9.17, 15) is 18.0 Å². The molecule has 0 atom stereocenters. The fourth-order valence-corrected chi connectivity index (χ4v) is 4.61. The van der Waals surface area contributed by atoms with E-state index >= 15 is 4.39 Å². The van der Waals surface area contributed by atoms with Crippen molar-refractivity contribution in [2.75, 3.05) is 24.9 Å². The molecule has 2 aliphatic carbocycles. The van der Waals surface area contributed by atoms with Crippen LogP contribution in [-0.4, -0.2) is 51.2 Å². The van der Waals surface area contributed by atoms with Crippen LogP contribution in [0.4, 0.5) is 35.0 Å². The molecule has 2 N–H and O–H groups in total. The highest BCUT2D eigenvalue weighted by atomic mass is 19.4. The minimum atomic E-state index is -4.48. The van der Waals surface area contributed by atoms with Crippen molar-refractivity contribution in [3.8, 4) is 22.9 Å². The van der Waals surface area contributed by atoms with Gasteiger partial charge in [-0.25, -0.2) is 9.37 Å². The molecule has 1 amide bonds. The van der Waals surface area contributed by atoms with Crippen molar-refractivity contribution < 1.29 is 36.4 Å². The Kier molecular flexibility index (Phi) is 6.74. The zero-order chi connectivity index (χ0) is 29.6. The number of nitrogens with one attached hydrogen (secondary N) is 2. The van der Waals surface area contributed by atoms with Crippen molar-refractivity contribution in [1.29, 1.82) is 0 Å². The maximum atomic E-state index is 15.0. The van der Waals surface area contributed by atoms with Gasteiger partial charge in [0.1, 0.15) is 16.9 Å². The lowest BCUT2D eigenvalue weighted by Crippen LogP contribution is -2.28. The first-order valence-electron chi connectivity index (χ1n) is 13.0. The van der Waals surface area contributed by atoms with E-state index < -0.39 is 23.3 Å². The molecular weight excluding hydrogens is 562 g/mol. The second kappa shape index (κ2) is 10.3. The molecule has 0 radical (unpaired) electrons. The number of nitrogens with zero attached hydrogens (tertiary/aromatic N) is 5. The van der Waals surface area contributed by atoms with Crippen LogP contribution in [0.2, 0.25) is 0 Å². The van der Waals surface area contributed by atoms with Crippen molar-refractivity contribution in [3.63, 3.8) is 0 Å². The number of aromatic nitrogens is 5. The summed E-state index contributed by atoms with van der Waals surface area (Å²) in [6, 6.07) is 5.62. The molecule has 0 unspecified atom stereocenters. The normalized spacial score (nSPS) is 15.8. The lowest BCUT2D eigenvalue weighted by molar-refractivity contribution is -0.165. The summed E-state index contributed by atoms with van der Waals surface area (Å²) in [5.74, 6) is -1.08. The number of carbonyl (C=O) groups is 1. The molecule has 2 aliphatic rings. The molecule has 15 heteroatoms. The van der Waals surface area contributed by atoms with Crippen molar-refractivity contribution in [2.45, 2.75) is 49.7 Å². The number of ether oxygens (including phenoxy) is 2. The highest BCUT2D eigenvalue weighted by Gasteiger charge is 2.66. The molecule has 2 saturated carbocycles. The van der Waals surface area contributed by atoms with Gasteiger partial charge in [0.25, 0.3) is 5.88 Å². The summed E-state index contributed by atoms with van der Waals surface area (Å²) >= 11 is 0. The van der Waals surface area contributed by atoms with Crippen LogP contribution in [0.1, 0.15) is 43.0 Å². The van der Waals surface area contributed by atoms with Crippen LogP contribution >= 0.6 is 0 Å². The number of alkyl halides is 3. The first-order valence-corrected chi connectivity index (χ1v) is 13.0. The van der Waals surface area contributed by atoms with Gasteiger partial charge in [0.05, 0.1) is 38.4 Å². The van der Waals surface area contributed by atoms with Gasteiger partial charge in [-0.1, -0.05) is 17.3 Å². The summed E-state index contributed by atoms with van der Waals surface area (Å²) in [6.45, 7) is 0. The molecule has 3 aromatic heterocycles. The van der Waals surface area contributed by atoms with Crippen molar-refractivity contribution in [3.05, 3.63) is 53.8 Å². The zero-order valence-corrected chi connectivity index (χ0v) is 22.5. The summed E-state index contributed by atoms with van der Waals surface area (Å²) in [5.41, 5.74) is -0.598. The van der Waals surface area contributed by atoms with Crippen LogP contribution in [0.5, 0.6) is 11.8 Å². The van der Waals surface area contributed by atoms with Crippen LogP contribution in [0.25, 0.3) is 11.1 Å². The maximum absolute atomic E-state index is 15.0. The van der Waals surface area contributed by atoms with Gasteiger partial charge in [0, 0.05) is 12.3 Å². The van der Waals surface area contributed by atoms with Crippen LogP contribution < -0.4 is 20.1 Å². The van der Waals surface area contributed by atoms with E-state index in [-0.39, 0.29) is 48.2 Å². The van der Waals surface area contributed by atoms with E-state index in [2.05, 4.69) is 30.9 Å². The first kappa shape index (κ1) is 27.5. The summed E-state index contributed by atoms with van der Waals surface area (Å²) in [4.78, 5) is 21.2. The molecule has 11 nitrogen and oxygen atoms in total. The summed E-state index contributed by atoms with van der Waals surface area (Å²) in [5, 5.41) is 13.4. The van der Waals surface area contributed by atoms with Gasteiger partial charge in [0.15, 0.2) is 11.6 Å². The second-order valence-electron chi connectivity index (χ2n) is 10.2. The molecule has 6 rings (SSSR count). The summed E-state index contributed by atoms with van der Waals surface area (Å²) in [7, 11) is 2.94. The highest BCUT2D eigenvalue weighted by Crippen LogP contribution is 2.59. The minimum absolute atomic E-state index is 0.0619. The SMILES string of the molecule is COc1nn(C2CC2)cc1Nc1ncc(-c2ccc(CC(=O)Nc3cc(C4(C(F)(F)F)CC4)on3)c(F)c2)c(OC)n1. The third-order valence-electron chi connectivity index (χ3n) is 7.26. The largest absolute Gasteiger partial charge is 0.480 e. The standard InChI is InChI=1S/C27H25F4N7O4/c1-40-23-17(12-32-25(35-23)33-19-13-38(16-5-6-16)36-24(19)41-2)14-3-4-15(18(28)9-14)10-22(39)34-21-11-20(42-37-21)26(7-8-26)27(29,30)31/h3-4,9,11-13,16H,5-8,10H2,1-2H3,(H,32,33,35)(H,34,37,39). The number of benzene rings is 1. The Labute approximate surface area is 236 Å². The van der Waals surface area contributed by atoms with Crippen LogP contribution in [0.15, 0.2) is 41.2 Å². The lowest BCUT2D eigenvalue weighted by atomic mass is 10.0. The number of hydrogen-bond donors (Lipinski definition) is 2. The van der Waals surface area contributed by atoms with E-state index in [1.807, 2.05) is 10.9 Å². The quantitative estimate of drug-likeness (QED) is 0.236. The van der Waals surface area contributed by atoms with Gasteiger partial charge in [-0.05, 0) is 42.9 Å². The molecule has 2 fully saturated rings. The molecule has 220 valence electrons. The van der Waals surface area contributed by atoms with Crippen molar-refractivity contribution in [2.24, 2.45) is 0 Å². The fourth-order valence-electron chi connectivity index (χ4n) is 4.61. The topological polar surface area (TPSA) is 129 Å². The number of amides is 1. The number of rotatable bonds is 10. The molecular formula is C27H25F4N7O4. The molecule has 4 aromatic rings. The fraction of sp³-hybridized carbons (Fsp3) is 0.370. The van der Waals surface area contributed by atoms with Crippen molar-refractivity contribution >= 4 is 23.4 Å². The lowest BCUT2D eigenvalue weighted by Gasteiger charge is -2.14. The monoisotopic (exact) mass is 587 g/mol. The number of methoxy groups -OCH3 is 2. The van der Waals surface area contributed by atoms with Crippen LogP contribution in [-0.2, 0) is 16.6 Å². The van der Waals surface area contributed by atoms with Crippen molar-refractivity contribution in [1.82, 2.24) is 24.9 Å². The number of anilines is 3. The van der Waals surface area contributed by atoms with Crippen LogP contribution in [0, 0.1) is 5.82 Å². The average Bonchev–Trinajstić information content (AvgIpc) is 3.88. The molecule has 0 spiro atoms. The number of carbonyl (C=O) groups excluding carboxylic acids is 1. The third-order valence-corrected chi connectivity index (χ3v) is 7.26. The Morgan fingerprint density at radius 1 is 1.17 bits per heavy atom. The van der Waals surface area contributed by atoms with E-state index in [1.165, 1.54) is 32.5 Å². The summed E-state index contributed by atoms with van der Waals surface area (Å²) in [6.07, 6.45) is 0.331. The zero-order valence-electron chi connectivity index (χ0n) is 22.5. The minimum Gasteiger partial charge on any atom is -0.480 e. The Balaban J connectivity index is 1.13. The predicted octanol–water partition coefficient (Wildman–Crippen LogP) is 5.34. The van der Waals surface area contributed by atoms with E-state index in [1.54, 1.807) is 6.07 Å². The maximum Gasteiger partial charge on any atom is 0.401 e. The molecule has 1 aromatic carbocycles. The van der Waals surface area contributed by atoms with Gasteiger partial charge < -0.3 is 24.6 Å². The smallest absolute Gasteiger partial charge is 0.401 e. The van der Waals surface area contributed by atoms with Gasteiger partial charge in [-0.3, -0.25) is 9.48 Å². The van der Waals surface area contributed by atoms with E-state index in [4.69, 9.17) is 14.0 Å². The average molecular weight is 588 g/mol. The first-order chi connectivity index (χ1) is 20.1. The van der Waals surface area contributed by atoms with E-state index in [0.29, 0.717) is 28.7 Å². The van der Waals surface area contributed by atoms with Gasteiger partial charge >= 0.3 is 6.18 Å². The Hall–Kier alpha value is -4.69. The molecule has 0 aliphatic heterocycles. The van der Waals surface area contributed by atoms with Gasteiger partial charge in [-0.2, -0.15) is 18.2 Å². The second-order valence-corrected chi connectivity index (χ2v) is 10.2. The van der Waals surface area contributed by atoms with E-state index in [0.717, 1.165) is 18.9 Å². The summed E-state index contributed by atoms with van der Waals surface area (Å²) < 4.78 is 72.4. The molecule has 0 saturated heterocycles. The Morgan fingerprint density at radius 2 is 1.93 bits per heavy atom. The highest BCUT2D eigenvalue weighted by molar-refractivity contribution is 5.91.